The Morgan fingerprint density at radius 1 is 1.33 bits per heavy atom. The van der Waals surface area contributed by atoms with Crippen molar-refractivity contribution >= 4 is 28.6 Å². The highest BCUT2D eigenvalue weighted by Crippen LogP contribution is 2.28. The third-order valence-electron chi connectivity index (χ3n) is 3.94. The number of hydrogen-bond donors (Lipinski definition) is 2. The minimum atomic E-state index is -0.109. The van der Waals surface area contributed by atoms with Crippen molar-refractivity contribution in [3.05, 3.63) is 47.2 Å². The normalized spacial score (nSPS) is 14.8. The number of hydrogen-bond acceptors (Lipinski definition) is 6. The molecule has 0 saturated heterocycles. The van der Waals surface area contributed by atoms with Gasteiger partial charge >= 0.3 is 0 Å². The third kappa shape index (κ3) is 2.90. The van der Waals surface area contributed by atoms with Gasteiger partial charge in [-0.3, -0.25) is 4.79 Å². The minimum absolute atomic E-state index is 0.0727. The van der Waals surface area contributed by atoms with Gasteiger partial charge in [0.1, 0.15) is 6.04 Å². The average molecular weight is 340 g/mol. The quantitative estimate of drug-likeness (QED) is 0.754. The van der Waals surface area contributed by atoms with Crippen LogP contribution in [0.3, 0.4) is 0 Å². The molecule has 1 aliphatic heterocycles. The molecule has 2 aromatic heterocycles. The molecule has 0 bridgehead atoms. The Hall–Kier alpha value is -2.67. The number of carbonyl (C=O) groups excluding carboxylic acids is 1. The summed E-state index contributed by atoms with van der Waals surface area (Å²) in [5.74, 6) is 1.23. The maximum Gasteiger partial charge on any atom is 0.249 e. The molecule has 3 heterocycles. The van der Waals surface area contributed by atoms with Crippen molar-refractivity contribution < 1.29 is 9.32 Å². The summed E-state index contributed by atoms with van der Waals surface area (Å²) in [5.41, 5.74) is 2.99. The van der Waals surface area contributed by atoms with Crippen LogP contribution >= 0.6 is 11.3 Å². The highest BCUT2D eigenvalue weighted by Gasteiger charge is 2.18. The molecule has 3 aromatic rings. The first-order valence-corrected chi connectivity index (χ1v) is 8.64. The average Bonchev–Trinajstić information content (AvgIpc) is 3.26. The van der Waals surface area contributed by atoms with Gasteiger partial charge in [0.05, 0.1) is 4.88 Å². The molecule has 24 heavy (non-hydrogen) atoms. The molecule has 0 radical (unpaired) electrons. The molecule has 0 fully saturated rings. The minimum Gasteiger partial charge on any atom is -0.374 e. The molecule has 0 saturated carbocycles. The standard InChI is InChI=1S/C17H16N4O2S/c1-10(17-20-16(21-23-17)14-3-2-8-24-14)18-12-5-6-13-11(9-12)4-7-15(22)19-13/h2-3,5-6,8-10,18H,4,7H2,1H3,(H,19,22)/t10-/m1/s1. The summed E-state index contributed by atoms with van der Waals surface area (Å²) >= 11 is 1.58. The zero-order valence-electron chi connectivity index (χ0n) is 13.1. The Kier molecular flexibility index (Phi) is 3.78. The molecular formula is C17H16N4O2S. The number of benzene rings is 1. The number of nitrogens with zero attached hydrogens (tertiary/aromatic N) is 2. The maximum atomic E-state index is 11.4. The summed E-state index contributed by atoms with van der Waals surface area (Å²) in [7, 11) is 0. The van der Waals surface area contributed by atoms with Crippen molar-refractivity contribution in [2.75, 3.05) is 10.6 Å². The van der Waals surface area contributed by atoms with Crippen LogP contribution in [0.2, 0.25) is 0 Å². The lowest BCUT2D eigenvalue weighted by atomic mass is 10.0. The van der Waals surface area contributed by atoms with Crippen LogP contribution in [0, 0.1) is 0 Å². The van der Waals surface area contributed by atoms with E-state index in [2.05, 4.69) is 26.8 Å². The Morgan fingerprint density at radius 2 is 2.25 bits per heavy atom. The summed E-state index contributed by atoms with van der Waals surface area (Å²) in [6.45, 7) is 1.98. The van der Waals surface area contributed by atoms with Gasteiger partial charge in [0.15, 0.2) is 0 Å². The van der Waals surface area contributed by atoms with Crippen LogP contribution in [0.4, 0.5) is 11.4 Å². The SMILES string of the molecule is C[C@@H](Nc1ccc2c(c1)CCC(=O)N2)c1nc(-c2cccs2)no1. The first-order chi connectivity index (χ1) is 11.7. The van der Waals surface area contributed by atoms with Gasteiger partial charge in [-0.2, -0.15) is 4.98 Å². The second-order valence-corrected chi connectivity index (χ2v) is 6.67. The van der Waals surface area contributed by atoms with Gasteiger partial charge in [0.25, 0.3) is 0 Å². The van der Waals surface area contributed by atoms with E-state index in [-0.39, 0.29) is 11.9 Å². The van der Waals surface area contributed by atoms with Crippen LogP contribution in [0.25, 0.3) is 10.7 Å². The van der Waals surface area contributed by atoms with Crippen LogP contribution in [0.1, 0.15) is 30.8 Å². The van der Waals surface area contributed by atoms with E-state index in [1.807, 2.05) is 36.6 Å². The first-order valence-electron chi connectivity index (χ1n) is 7.76. The van der Waals surface area contributed by atoms with E-state index in [1.165, 1.54) is 0 Å². The smallest absolute Gasteiger partial charge is 0.249 e. The number of rotatable bonds is 4. The monoisotopic (exact) mass is 340 g/mol. The van der Waals surface area contributed by atoms with E-state index >= 15 is 0 Å². The fraction of sp³-hybridized carbons (Fsp3) is 0.235. The number of carbonyl (C=O) groups is 1. The first kappa shape index (κ1) is 14.9. The van der Waals surface area contributed by atoms with Crippen molar-refractivity contribution in [1.82, 2.24) is 10.1 Å². The molecule has 0 spiro atoms. The van der Waals surface area contributed by atoms with Gasteiger partial charge in [0.2, 0.25) is 17.6 Å². The second kappa shape index (κ2) is 6.09. The summed E-state index contributed by atoms with van der Waals surface area (Å²) < 4.78 is 5.38. The van der Waals surface area contributed by atoms with Gasteiger partial charge in [-0.15, -0.1) is 11.3 Å². The predicted octanol–water partition coefficient (Wildman–Crippen LogP) is 3.86. The Balaban J connectivity index is 1.50. The summed E-state index contributed by atoms with van der Waals surface area (Å²) in [6.07, 6.45) is 1.29. The largest absolute Gasteiger partial charge is 0.374 e. The molecule has 1 amide bonds. The zero-order chi connectivity index (χ0) is 16.5. The van der Waals surface area contributed by atoms with Crippen molar-refractivity contribution in [1.29, 1.82) is 0 Å². The van der Waals surface area contributed by atoms with Crippen LogP contribution in [-0.4, -0.2) is 16.0 Å². The summed E-state index contributed by atoms with van der Waals surface area (Å²) in [5, 5.41) is 12.3. The van der Waals surface area contributed by atoms with E-state index in [9.17, 15) is 4.79 Å². The van der Waals surface area contributed by atoms with E-state index < -0.39 is 0 Å². The number of amides is 1. The number of nitrogens with one attached hydrogen (secondary N) is 2. The molecule has 1 aromatic carbocycles. The topological polar surface area (TPSA) is 80.0 Å². The Labute approximate surface area is 142 Å². The van der Waals surface area contributed by atoms with Crippen molar-refractivity contribution in [2.45, 2.75) is 25.8 Å². The fourth-order valence-electron chi connectivity index (χ4n) is 2.70. The Morgan fingerprint density at radius 3 is 3.08 bits per heavy atom. The van der Waals surface area contributed by atoms with E-state index in [4.69, 9.17) is 4.52 Å². The molecule has 7 heteroatoms. The van der Waals surface area contributed by atoms with Gasteiger partial charge < -0.3 is 15.2 Å². The molecule has 4 rings (SSSR count). The van der Waals surface area contributed by atoms with Gasteiger partial charge in [0, 0.05) is 17.8 Å². The van der Waals surface area contributed by atoms with E-state index in [0.717, 1.165) is 28.2 Å². The van der Waals surface area contributed by atoms with E-state index in [0.29, 0.717) is 18.1 Å². The van der Waals surface area contributed by atoms with Gasteiger partial charge in [-0.1, -0.05) is 11.2 Å². The lowest BCUT2D eigenvalue weighted by Crippen LogP contribution is -2.19. The van der Waals surface area contributed by atoms with Crippen molar-refractivity contribution in [3.63, 3.8) is 0 Å². The summed E-state index contributed by atoms with van der Waals surface area (Å²) in [4.78, 5) is 16.9. The van der Waals surface area contributed by atoms with Crippen LogP contribution in [-0.2, 0) is 11.2 Å². The van der Waals surface area contributed by atoms with Crippen LogP contribution in [0.5, 0.6) is 0 Å². The van der Waals surface area contributed by atoms with Crippen molar-refractivity contribution in [3.8, 4) is 10.7 Å². The summed E-state index contributed by atoms with van der Waals surface area (Å²) in [6, 6.07) is 9.74. The molecule has 6 nitrogen and oxygen atoms in total. The zero-order valence-corrected chi connectivity index (χ0v) is 13.9. The number of fused-ring (bicyclic) bond motifs is 1. The third-order valence-corrected chi connectivity index (χ3v) is 4.80. The highest BCUT2D eigenvalue weighted by atomic mass is 32.1. The van der Waals surface area contributed by atoms with Crippen molar-refractivity contribution in [2.24, 2.45) is 0 Å². The lowest BCUT2D eigenvalue weighted by molar-refractivity contribution is -0.116. The number of aryl methyl sites for hydroxylation is 1. The maximum absolute atomic E-state index is 11.4. The predicted molar refractivity (Wildman–Crippen MR) is 93.0 cm³/mol. The Bertz CT molecular complexity index is 873. The molecule has 1 atom stereocenters. The molecule has 0 unspecified atom stereocenters. The molecule has 2 N–H and O–H groups in total. The molecule has 122 valence electrons. The van der Waals surface area contributed by atoms with Crippen LogP contribution < -0.4 is 10.6 Å². The van der Waals surface area contributed by atoms with Gasteiger partial charge in [-0.25, -0.2) is 0 Å². The highest BCUT2D eigenvalue weighted by molar-refractivity contribution is 7.13. The molecule has 1 aliphatic rings. The van der Waals surface area contributed by atoms with E-state index in [1.54, 1.807) is 11.3 Å². The molecule has 0 aliphatic carbocycles. The number of aromatic nitrogens is 2. The fourth-order valence-corrected chi connectivity index (χ4v) is 3.35. The van der Waals surface area contributed by atoms with Gasteiger partial charge in [-0.05, 0) is 48.6 Å². The number of thiophene rings is 1. The molecular weight excluding hydrogens is 324 g/mol. The number of anilines is 2. The van der Waals surface area contributed by atoms with Crippen LogP contribution in [0.15, 0.2) is 40.2 Å². The lowest BCUT2D eigenvalue weighted by Gasteiger charge is -2.19. The second-order valence-electron chi connectivity index (χ2n) is 5.72.